The number of methoxy groups -OCH3 is 4. The monoisotopic (exact) mass is 573 g/mol. The summed E-state index contributed by atoms with van der Waals surface area (Å²) in [4.78, 5) is 33.8. The smallest absolute Gasteiger partial charge is 0.253 e. The van der Waals surface area contributed by atoms with Crippen LogP contribution < -0.4 is 23.8 Å². The molecule has 5 rings (SSSR count). The van der Waals surface area contributed by atoms with Gasteiger partial charge in [0.05, 0.1) is 40.0 Å². The minimum Gasteiger partial charge on any atom is -0.495 e. The molecule has 0 aliphatic carbocycles. The molecule has 3 aromatic rings. The Labute approximate surface area is 247 Å². The molecule has 0 aromatic heterocycles. The van der Waals surface area contributed by atoms with Crippen molar-refractivity contribution < 1.29 is 28.5 Å². The quantitative estimate of drug-likeness (QED) is 0.399. The SMILES string of the molecule is COc1ccccc1N1CCN(C(=O)[C@@H]2CN(C(=O)c3ccc(C)cc3)C[C@@H]2c2cc(OC)c(OC)c(OC)c2)CC1. The number of nitrogens with zero attached hydrogens (tertiary/aromatic N) is 3. The number of carbonyl (C=O) groups excluding carboxylic acids is 2. The van der Waals surface area contributed by atoms with Crippen molar-refractivity contribution >= 4 is 17.5 Å². The minimum absolute atomic E-state index is 0.0487. The highest BCUT2D eigenvalue weighted by molar-refractivity contribution is 5.95. The normalized spacial score (nSPS) is 18.5. The molecule has 0 saturated carbocycles. The Morgan fingerprint density at radius 3 is 1.93 bits per heavy atom. The van der Waals surface area contributed by atoms with Crippen molar-refractivity contribution in [2.24, 2.45) is 5.92 Å². The van der Waals surface area contributed by atoms with Crippen LogP contribution in [0.3, 0.4) is 0 Å². The third-order valence-electron chi connectivity index (χ3n) is 8.36. The van der Waals surface area contributed by atoms with Crippen molar-refractivity contribution in [3.8, 4) is 23.0 Å². The molecule has 0 N–H and O–H groups in total. The Hall–Kier alpha value is -4.40. The minimum atomic E-state index is -0.417. The number of aryl methyl sites for hydroxylation is 1. The summed E-state index contributed by atoms with van der Waals surface area (Å²) in [5.41, 5.74) is 3.60. The van der Waals surface area contributed by atoms with Crippen LogP contribution in [0.15, 0.2) is 60.7 Å². The molecule has 3 aromatic carbocycles. The first-order valence-corrected chi connectivity index (χ1v) is 14.2. The number of likely N-dealkylation sites (tertiary alicyclic amines) is 1. The van der Waals surface area contributed by atoms with Gasteiger partial charge in [0, 0.05) is 50.7 Å². The summed E-state index contributed by atoms with van der Waals surface area (Å²) in [6, 6.07) is 19.3. The molecule has 2 saturated heterocycles. The standard InChI is InChI=1S/C33H39N3O6/c1-22-10-12-23(13-11-22)32(37)36-20-25(24-18-29(40-3)31(42-5)30(19-24)41-4)26(21-36)33(38)35-16-14-34(15-17-35)27-8-6-7-9-28(27)39-2/h6-13,18-19,25-26H,14-17,20-21H2,1-5H3/t25-,26-/m1/s1. The second-order valence-corrected chi connectivity index (χ2v) is 10.7. The molecule has 2 fully saturated rings. The van der Waals surface area contributed by atoms with E-state index in [9.17, 15) is 9.59 Å². The van der Waals surface area contributed by atoms with Gasteiger partial charge in [-0.1, -0.05) is 29.8 Å². The van der Waals surface area contributed by atoms with Gasteiger partial charge < -0.3 is 33.6 Å². The molecule has 2 heterocycles. The highest BCUT2D eigenvalue weighted by Gasteiger charge is 2.43. The molecule has 9 heteroatoms. The first-order chi connectivity index (χ1) is 20.4. The Balaban J connectivity index is 1.42. The van der Waals surface area contributed by atoms with Crippen LogP contribution in [-0.2, 0) is 4.79 Å². The van der Waals surface area contributed by atoms with Crippen LogP contribution in [-0.4, -0.2) is 89.3 Å². The number of amides is 2. The van der Waals surface area contributed by atoms with Gasteiger partial charge in [-0.3, -0.25) is 9.59 Å². The van der Waals surface area contributed by atoms with Gasteiger partial charge in [-0.05, 0) is 48.9 Å². The van der Waals surface area contributed by atoms with Gasteiger partial charge in [-0.15, -0.1) is 0 Å². The topological polar surface area (TPSA) is 80.8 Å². The summed E-state index contributed by atoms with van der Waals surface area (Å²) >= 11 is 0. The maximum atomic E-state index is 14.2. The highest BCUT2D eigenvalue weighted by Crippen LogP contribution is 2.44. The third-order valence-corrected chi connectivity index (χ3v) is 8.36. The van der Waals surface area contributed by atoms with E-state index < -0.39 is 5.92 Å². The molecule has 0 radical (unpaired) electrons. The fourth-order valence-corrected chi connectivity index (χ4v) is 6.05. The number of rotatable bonds is 8. The Morgan fingerprint density at radius 2 is 1.33 bits per heavy atom. The zero-order chi connectivity index (χ0) is 29.8. The van der Waals surface area contributed by atoms with E-state index in [1.165, 1.54) is 0 Å². The second-order valence-electron chi connectivity index (χ2n) is 10.7. The molecule has 2 amide bonds. The average molecular weight is 574 g/mol. The zero-order valence-electron chi connectivity index (χ0n) is 25.0. The number of ether oxygens (including phenoxy) is 4. The number of carbonyl (C=O) groups is 2. The maximum Gasteiger partial charge on any atom is 0.253 e. The van der Waals surface area contributed by atoms with Crippen molar-refractivity contribution in [3.63, 3.8) is 0 Å². The number of para-hydroxylation sites is 2. The van der Waals surface area contributed by atoms with E-state index >= 15 is 0 Å². The predicted octanol–water partition coefficient (Wildman–Crippen LogP) is 4.23. The number of hydrogen-bond acceptors (Lipinski definition) is 7. The lowest BCUT2D eigenvalue weighted by Gasteiger charge is -2.38. The predicted molar refractivity (Wildman–Crippen MR) is 161 cm³/mol. The molecular formula is C33H39N3O6. The van der Waals surface area contributed by atoms with E-state index in [0.29, 0.717) is 62.1 Å². The third kappa shape index (κ3) is 5.68. The van der Waals surface area contributed by atoms with Crippen LogP contribution >= 0.6 is 0 Å². The van der Waals surface area contributed by atoms with Gasteiger partial charge in [0.2, 0.25) is 11.7 Å². The summed E-state index contributed by atoms with van der Waals surface area (Å²) in [7, 11) is 6.39. The summed E-state index contributed by atoms with van der Waals surface area (Å²) < 4.78 is 22.3. The van der Waals surface area contributed by atoms with Gasteiger partial charge in [-0.25, -0.2) is 0 Å². The Kier molecular flexibility index (Phi) is 8.75. The van der Waals surface area contributed by atoms with Gasteiger partial charge in [-0.2, -0.15) is 0 Å². The summed E-state index contributed by atoms with van der Waals surface area (Å²) in [5, 5.41) is 0. The number of benzene rings is 3. The van der Waals surface area contributed by atoms with E-state index in [0.717, 1.165) is 22.6 Å². The van der Waals surface area contributed by atoms with E-state index in [4.69, 9.17) is 18.9 Å². The lowest BCUT2D eigenvalue weighted by Crippen LogP contribution is -2.51. The van der Waals surface area contributed by atoms with Crippen LogP contribution in [0.25, 0.3) is 0 Å². The van der Waals surface area contributed by atoms with Crippen molar-refractivity contribution in [3.05, 3.63) is 77.4 Å². The molecular weight excluding hydrogens is 534 g/mol. The zero-order valence-corrected chi connectivity index (χ0v) is 25.0. The van der Waals surface area contributed by atoms with Crippen molar-refractivity contribution in [2.45, 2.75) is 12.8 Å². The molecule has 222 valence electrons. The molecule has 0 unspecified atom stereocenters. The number of piperazine rings is 1. The summed E-state index contributed by atoms with van der Waals surface area (Å²) in [6.07, 6.45) is 0. The lowest BCUT2D eigenvalue weighted by atomic mass is 9.87. The summed E-state index contributed by atoms with van der Waals surface area (Å²) in [6.45, 7) is 5.29. The second kappa shape index (κ2) is 12.6. The number of anilines is 1. The molecule has 2 aliphatic heterocycles. The van der Waals surface area contributed by atoms with Crippen LogP contribution in [0.2, 0.25) is 0 Å². The molecule has 2 aliphatic rings. The molecule has 42 heavy (non-hydrogen) atoms. The van der Waals surface area contributed by atoms with E-state index in [1.54, 1.807) is 33.3 Å². The Morgan fingerprint density at radius 1 is 0.714 bits per heavy atom. The highest BCUT2D eigenvalue weighted by atomic mass is 16.5. The molecule has 2 atom stereocenters. The van der Waals surface area contributed by atoms with Crippen molar-refractivity contribution in [2.75, 3.05) is 72.6 Å². The first-order valence-electron chi connectivity index (χ1n) is 14.2. The van der Waals surface area contributed by atoms with Crippen LogP contribution in [0.5, 0.6) is 23.0 Å². The Bertz CT molecular complexity index is 1390. The van der Waals surface area contributed by atoms with Gasteiger partial charge in [0.1, 0.15) is 5.75 Å². The van der Waals surface area contributed by atoms with Gasteiger partial charge >= 0.3 is 0 Å². The van der Waals surface area contributed by atoms with Gasteiger partial charge in [0.15, 0.2) is 11.5 Å². The van der Waals surface area contributed by atoms with Crippen LogP contribution in [0.1, 0.15) is 27.4 Å². The average Bonchev–Trinajstić information content (AvgIpc) is 3.49. The lowest BCUT2D eigenvalue weighted by molar-refractivity contribution is -0.135. The van der Waals surface area contributed by atoms with Crippen LogP contribution in [0, 0.1) is 12.8 Å². The van der Waals surface area contributed by atoms with Crippen LogP contribution in [0.4, 0.5) is 5.69 Å². The molecule has 0 bridgehead atoms. The van der Waals surface area contributed by atoms with E-state index in [-0.39, 0.29) is 17.7 Å². The van der Waals surface area contributed by atoms with Crippen molar-refractivity contribution in [1.82, 2.24) is 9.80 Å². The van der Waals surface area contributed by atoms with E-state index in [1.807, 2.05) is 72.5 Å². The summed E-state index contributed by atoms with van der Waals surface area (Å²) in [5.74, 6) is 1.66. The first kappa shape index (κ1) is 29.1. The molecule has 9 nitrogen and oxygen atoms in total. The fraction of sp³-hybridized carbons (Fsp3) is 0.394. The van der Waals surface area contributed by atoms with Crippen molar-refractivity contribution in [1.29, 1.82) is 0 Å². The van der Waals surface area contributed by atoms with Gasteiger partial charge in [0.25, 0.3) is 5.91 Å². The van der Waals surface area contributed by atoms with E-state index in [2.05, 4.69) is 4.90 Å². The maximum absolute atomic E-state index is 14.2. The fourth-order valence-electron chi connectivity index (χ4n) is 6.05. The largest absolute Gasteiger partial charge is 0.495 e. The molecule has 0 spiro atoms. The number of hydrogen-bond donors (Lipinski definition) is 0.